The first-order valence-electron chi connectivity index (χ1n) is 7.87. The monoisotopic (exact) mass is 388 g/mol. The van der Waals surface area contributed by atoms with Crippen LogP contribution in [0.2, 0.25) is 0 Å². The van der Waals surface area contributed by atoms with Crippen molar-refractivity contribution in [3.63, 3.8) is 0 Å². The molecule has 142 valence electrons. The van der Waals surface area contributed by atoms with Crippen molar-refractivity contribution in [2.24, 2.45) is 5.73 Å². The largest absolute Gasteiger partial charge is 0.480 e. The molecule has 2 atom stereocenters. The average Bonchev–Trinajstić information content (AvgIpc) is 3.06. The molecule has 0 radical (unpaired) electrons. The predicted molar refractivity (Wildman–Crippen MR) is 92.7 cm³/mol. The molecule has 2 aromatic rings. The minimum Gasteiger partial charge on any atom is -0.480 e. The first-order valence-corrected chi connectivity index (χ1v) is 9.03. The summed E-state index contributed by atoms with van der Waals surface area (Å²) in [6, 6.07) is 2.20. The minimum absolute atomic E-state index is 0.162. The van der Waals surface area contributed by atoms with Crippen molar-refractivity contribution in [3.05, 3.63) is 36.8 Å². The van der Waals surface area contributed by atoms with Gasteiger partial charge in [-0.1, -0.05) is 0 Å². The Bertz CT molecular complexity index is 709. The topological polar surface area (TPSA) is 94.0 Å². The van der Waals surface area contributed by atoms with Crippen molar-refractivity contribution in [1.82, 2.24) is 14.8 Å². The van der Waals surface area contributed by atoms with Crippen LogP contribution >= 0.6 is 11.8 Å². The van der Waals surface area contributed by atoms with E-state index in [1.807, 2.05) is 0 Å². The Morgan fingerprint density at radius 3 is 2.65 bits per heavy atom. The molecule has 0 aliphatic heterocycles. The molecule has 2 rings (SSSR count). The number of carboxylic acid groups (broad SMARTS) is 1. The van der Waals surface area contributed by atoms with Gasteiger partial charge in [-0.25, -0.2) is 0 Å². The highest BCUT2D eigenvalue weighted by molar-refractivity contribution is 7.99. The van der Waals surface area contributed by atoms with Gasteiger partial charge in [0.25, 0.3) is 0 Å². The average molecular weight is 388 g/mol. The summed E-state index contributed by atoms with van der Waals surface area (Å²) in [5, 5.41) is 12.7. The van der Waals surface area contributed by atoms with Crippen LogP contribution < -0.4 is 5.73 Å². The molecular formula is C16H19F3N4O2S. The lowest BCUT2D eigenvalue weighted by Gasteiger charge is -2.20. The highest BCUT2D eigenvalue weighted by Crippen LogP contribution is 2.34. The van der Waals surface area contributed by atoms with E-state index in [1.54, 1.807) is 18.3 Å². The summed E-state index contributed by atoms with van der Waals surface area (Å²) < 4.78 is 41.1. The van der Waals surface area contributed by atoms with Crippen molar-refractivity contribution >= 4 is 17.7 Å². The summed E-state index contributed by atoms with van der Waals surface area (Å²) in [7, 11) is 0. The quantitative estimate of drug-likeness (QED) is 0.642. The third-order valence-electron chi connectivity index (χ3n) is 3.69. The van der Waals surface area contributed by atoms with Gasteiger partial charge >= 0.3 is 12.1 Å². The van der Waals surface area contributed by atoms with Gasteiger partial charge in [-0.05, 0) is 42.5 Å². The van der Waals surface area contributed by atoms with E-state index < -0.39 is 24.2 Å². The number of nitrogens with zero attached hydrogens (tertiary/aromatic N) is 3. The molecule has 0 amide bonds. The number of aliphatic carboxylic acids is 1. The van der Waals surface area contributed by atoms with Gasteiger partial charge in [-0.3, -0.25) is 14.5 Å². The number of hydrogen-bond donors (Lipinski definition) is 2. The Hall–Kier alpha value is -2.07. The third kappa shape index (κ3) is 5.73. The fourth-order valence-corrected chi connectivity index (χ4v) is 3.27. The zero-order valence-electron chi connectivity index (χ0n) is 13.8. The van der Waals surface area contributed by atoms with E-state index in [-0.39, 0.29) is 18.6 Å². The molecule has 0 bridgehead atoms. The molecule has 26 heavy (non-hydrogen) atoms. The minimum atomic E-state index is -4.43. The summed E-state index contributed by atoms with van der Waals surface area (Å²) in [6.07, 6.45) is 0.0410. The molecule has 3 N–H and O–H groups in total. The first-order chi connectivity index (χ1) is 12.3. The van der Waals surface area contributed by atoms with Gasteiger partial charge in [-0.15, -0.1) is 0 Å². The van der Waals surface area contributed by atoms with Gasteiger partial charge in [0.05, 0.1) is 5.69 Å². The van der Waals surface area contributed by atoms with Crippen LogP contribution in [0.5, 0.6) is 0 Å². The fourth-order valence-electron chi connectivity index (χ4n) is 2.26. The lowest BCUT2D eigenvalue weighted by Crippen LogP contribution is -2.30. The Morgan fingerprint density at radius 2 is 2.04 bits per heavy atom. The number of nitrogens with two attached hydrogens (primary N) is 1. The number of hydrogen-bond acceptors (Lipinski definition) is 5. The van der Waals surface area contributed by atoms with Gasteiger partial charge in [0.2, 0.25) is 0 Å². The van der Waals surface area contributed by atoms with Crippen LogP contribution in [0, 0.1) is 0 Å². The van der Waals surface area contributed by atoms with Gasteiger partial charge in [-0.2, -0.15) is 30.0 Å². The van der Waals surface area contributed by atoms with Gasteiger partial charge < -0.3 is 10.8 Å². The predicted octanol–water partition coefficient (Wildman–Crippen LogP) is 2.97. The van der Waals surface area contributed by atoms with Gasteiger partial charge in [0.15, 0.2) is 0 Å². The number of carboxylic acids is 1. The second kappa shape index (κ2) is 9.04. The van der Waals surface area contributed by atoms with Crippen molar-refractivity contribution in [2.75, 3.05) is 11.5 Å². The number of carbonyl (C=O) groups is 1. The fraction of sp³-hybridized carbons (Fsp3) is 0.438. The molecule has 0 saturated heterocycles. The summed E-state index contributed by atoms with van der Waals surface area (Å²) in [6.45, 7) is 0. The lowest BCUT2D eigenvalue weighted by atomic mass is 10.2. The summed E-state index contributed by atoms with van der Waals surface area (Å²) in [5.74, 6) is -0.505. The number of pyridine rings is 1. The van der Waals surface area contributed by atoms with Crippen LogP contribution in [-0.2, 0) is 4.79 Å². The summed E-state index contributed by atoms with van der Waals surface area (Å²) in [5.41, 5.74) is 6.43. The third-order valence-corrected chi connectivity index (χ3v) is 4.74. The Kier molecular flexibility index (Phi) is 7.04. The van der Waals surface area contributed by atoms with Crippen LogP contribution in [0.25, 0.3) is 11.3 Å². The Labute approximate surface area is 152 Å². The Balaban J connectivity index is 1.96. The maximum Gasteiger partial charge on any atom is 0.410 e. The molecule has 2 aromatic heterocycles. The van der Waals surface area contributed by atoms with Gasteiger partial charge in [0.1, 0.15) is 12.1 Å². The van der Waals surface area contributed by atoms with Crippen molar-refractivity contribution in [2.45, 2.75) is 31.1 Å². The number of halogens is 3. The highest BCUT2D eigenvalue weighted by atomic mass is 32.2. The zero-order valence-corrected chi connectivity index (χ0v) is 14.6. The molecule has 0 fully saturated rings. The van der Waals surface area contributed by atoms with E-state index in [1.165, 1.54) is 30.2 Å². The van der Waals surface area contributed by atoms with E-state index >= 15 is 0 Å². The number of thioether (sulfide) groups is 1. The molecule has 2 heterocycles. The SMILES string of the molecule is NC(CCSCCC(n1ccc(-c2cccnc2)n1)C(F)(F)F)C(=O)O. The molecule has 0 aromatic carbocycles. The Morgan fingerprint density at radius 1 is 1.31 bits per heavy atom. The first kappa shape index (κ1) is 20.2. The number of alkyl halides is 3. The van der Waals surface area contributed by atoms with Crippen LogP contribution in [0.3, 0.4) is 0 Å². The molecule has 0 spiro atoms. The molecule has 0 saturated carbocycles. The van der Waals surface area contributed by atoms with Crippen molar-refractivity contribution in [3.8, 4) is 11.3 Å². The second-order valence-electron chi connectivity index (χ2n) is 5.61. The van der Waals surface area contributed by atoms with Gasteiger partial charge in [0, 0.05) is 24.2 Å². The smallest absolute Gasteiger partial charge is 0.410 e. The van der Waals surface area contributed by atoms with E-state index in [9.17, 15) is 18.0 Å². The normalized spacial score (nSPS) is 14.2. The van der Waals surface area contributed by atoms with Crippen molar-refractivity contribution in [1.29, 1.82) is 0 Å². The number of aromatic nitrogens is 3. The van der Waals surface area contributed by atoms with Crippen LogP contribution in [0.4, 0.5) is 13.2 Å². The van der Waals surface area contributed by atoms with E-state index in [4.69, 9.17) is 10.8 Å². The maximum atomic E-state index is 13.4. The summed E-state index contributed by atoms with van der Waals surface area (Å²) in [4.78, 5) is 14.5. The molecule has 2 unspecified atom stereocenters. The lowest BCUT2D eigenvalue weighted by molar-refractivity contribution is -0.170. The molecule has 10 heteroatoms. The van der Waals surface area contributed by atoms with E-state index in [2.05, 4.69) is 10.1 Å². The van der Waals surface area contributed by atoms with Crippen LogP contribution in [-0.4, -0.2) is 49.6 Å². The number of rotatable bonds is 9. The molecule has 0 aliphatic carbocycles. The second-order valence-corrected chi connectivity index (χ2v) is 6.84. The van der Waals surface area contributed by atoms with Crippen LogP contribution in [0.15, 0.2) is 36.8 Å². The molecule has 6 nitrogen and oxygen atoms in total. The molecular weight excluding hydrogens is 369 g/mol. The highest BCUT2D eigenvalue weighted by Gasteiger charge is 2.41. The van der Waals surface area contributed by atoms with Crippen molar-refractivity contribution < 1.29 is 23.1 Å². The van der Waals surface area contributed by atoms with Crippen LogP contribution in [0.1, 0.15) is 18.9 Å². The van der Waals surface area contributed by atoms with E-state index in [0.29, 0.717) is 17.0 Å². The maximum absolute atomic E-state index is 13.4. The zero-order chi connectivity index (χ0) is 19.2. The molecule has 0 aliphatic rings. The summed E-state index contributed by atoms with van der Waals surface area (Å²) >= 11 is 1.25. The van der Waals surface area contributed by atoms with E-state index in [0.717, 1.165) is 4.68 Å². The standard InChI is InChI=1S/C16H19F3N4O2S/c17-16(18,19)14(5-9-26-8-4-12(20)15(24)25)23-7-3-13(22-23)11-2-1-6-21-10-11/h1-3,6-7,10,12,14H,4-5,8-9,20H2,(H,24,25).